The minimum atomic E-state index is -0.181. The number of alkyl halides is 1. The van der Waals surface area contributed by atoms with E-state index in [0.717, 1.165) is 5.56 Å². The van der Waals surface area contributed by atoms with Gasteiger partial charge in [-0.05, 0) is 24.6 Å². The fraction of sp³-hybridized carbons (Fsp3) is 0.300. The Kier molecular flexibility index (Phi) is 4.23. The van der Waals surface area contributed by atoms with E-state index < -0.39 is 0 Å². The highest BCUT2D eigenvalue weighted by molar-refractivity contribution is 6.30. The van der Waals surface area contributed by atoms with Crippen molar-refractivity contribution in [3.63, 3.8) is 0 Å². The summed E-state index contributed by atoms with van der Waals surface area (Å²) in [7, 11) is 0. The summed E-state index contributed by atoms with van der Waals surface area (Å²) in [5.41, 5.74) is 0.968. The molecule has 0 saturated heterocycles. The van der Waals surface area contributed by atoms with Crippen molar-refractivity contribution in [3.8, 4) is 0 Å². The third-order valence-electron chi connectivity index (χ3n) is 1.85. The molecule has 0 aromatic heterocycles. The molecule has 1 N–H and O–H groups in total. The van der Waals surface area contributed by atoms with Crippen molar-refractivity contribution in [2.24, 2.45) is 0 Å². The maximum absolute atomic E-state index is 11.0. The third kappa shape index (κ3) is 3.20. The molecule has 0 saturated carbocycles. The van der Waals surface area contributed by atoms with E-state index in [1.165, 1.54) is 0 Å². The molecule has 1 rings (SSSR count). The van der Waals surface area contributed by atoms with Crippen molar-refractivity contribution in [1.82, 2.24) is 5.32 Å². The normalized spacial score (nSPS) is 12.2. The number of carbonyl (C=O) groups is 1. The lowest BCUT2D eigenvalue weighted by Gasteiger charge is -2.13. The van der Waals surface area contributed by atoms with Gasteiger partial charge < -0.3 is 5.32 Å². The molecule has 0 spiro atoms. The number of hydrogen-bond donors (Lipinski definition) is 1. The van der Waals surface area contributed by atoms with Gasteiger partial charge >= 0.3 is 0 Å². The van der Waals surface area contributed by atoms with E-state index in [0.29, 0.717) is 5.02 Å². The Labute approximate surface area is 93.2 Å². The molecule has 0 heterocycles. The quantitative estimate of drug-likeness (QED) is 0.797. The van der Waals surface area contributed by atoms with E-state index in [1.54, 1.807) is 6.07 Å². The highest BCUT2D eigenvalue weighted by Gasteiger charge is 2.08. The second kappa shape index (κ2) is 5.23. The van der Waals surface area contributed by atoms with Gasteiger partial charge in [0.25, 0.3) is 0 Å². The van der Waals surface area contributed by atoms with Crippen LogP contribution in [0.15, 0.2) is 24.3 Å². The lowest BCUT2D eigenvalue weighted by molar-refractivity contribution is -0.119. The second-order valence-corrected chi connectivity index (χ2v) is 3.68. The van der Waals surface area contributed by atoms with Crippen LogP contribution in [0, 0.1) is 0 Å². The van der Waals surface area contributed by atoms with Crippen LogP contribution in [0.2, 0.25) is 5.02 Å². The van der Waals surface area contributed by atoms with Crippen LogP contribution in [0.25, 0.3) is 0 Å². The molecule has 76 valence electrons. The highest BCUT2D eigenvalue weighted by atomic mass is 35.5. The van der Waals surface area contributed by atoms with Crippen molar-refractivity contribution in [3.05, 3.63) is 34.9 Å². The van der Waals surface area contributed by atoms with Crippen molar-refractivity contribution in [2.75, 3.05) is 5.88 Å². The first-order chi connectivity index (χ1) is 6.63. The highest BCUT2D eigenvalue weighted by Crippen LogP contribution is 2.17. The van der Waals surface area contributed by atoms with Crippen molar-refractivity contribution in [1.29, 1.82) is 0 Å². The zero-order chi connectivity index (χ0) is 10.6. The zero-order valence-electron chi connectivity index (χ0n) is 7.76. The molecule has 2 nitrogen and oxygen atoms in total. The van der Waals surface area contributed by atoms with Crippen LogP contribution in [0.5, 0.6) is 0 Å². The Morgan fingerprint density at radius 3 is 2.86 bits per heavy atom. The van der Waals surface area contributed by atoms with Crippen molar-refractivity contribution >= 4 is 29.1 Å². The summed E-state index contributed by atoms with van der Waals surface area (Å²) in [6.07, 6.45) is 0. The van der Waals surface area contributed by atoms with Gasteiger partial charge in [-0.1, -0.05) is 23.7 Å². The number of amides is 1. The van der Waals surface area contributed by atoms with Gasteiger partial charge in [0.15, 0.2) is 0 Å². The summed E-state index contributed by atoms with van der Waals surface area (Å²) < 4.78 is 0. The van der Waals surface area contributed by atoms with E-state index in [9.17, 15) is 4.79 Å². The molecule has 14 heavy (non-hydrogen) atoms. The molecule has 0 bridgehead atoms. The Morgan fingerprint density at radius 2 is 2.29 bits per heavy atom. The van der Waals surface area contributed by atoms with Gasteiger partial charge in [-0.25, -0.2) is 0 Å². The molecule has 0 aliphatic rings. The van der Waals surface area contributed by atoms with Gasteiger partial charge in [-0.15, -0.1) is 11.6 Å². The molecule has 1 aromatic carbocycles. The standard InChI is InChI=1S/C10H11Cl2NO/c1-7(13-10(14)6-11)8-3-2-4-9(12)5-8/h2-5,7H,6H2,1H3,(H,13,14)/t7-/m0/s1. The van der Waals surface area contributed by atoms with E-state index in [1.807, 2.05) is 25.1 Å². The summed E-state index contributed by atoms with van der Waals surface area (Å²) in [6.45, 7) is 1.89. The summed E-state index contributed by atoms with van der Waals surface area (Å²) in [6, 6.07) is 7.30. The SMILES string of the molecule is C[C@H](NC(=O)CCl)c1cccc(Cl)c1. The average Bonchev–Trinajstić information content (AvgIpc) is 2.17. The summed E-state index contributed by atoms with van der Waals surface area (Å²) in [5, 5.41) is 3.41. The van der Waals surface area contributed by atoms with Crippen LogP contribution in [-0.2, 0) is 4.79 Å². The maximum atomic E-state index is 11.0. The van der Waals surface area contributed by atoms with Crippen LogP contribution < -0.4 is 5.32 Å². The van der Waals surface area contributed by atoms with Gasteiger partial charge in [0, 0.05) is 5.02 Å². The number of nitrogens with one attached hydrogen (secondary N) is 1. The molecule has 1 aromatic rings. The van der Waals surface area contributed by atoms with Crippen molar-refractivity contribution < 1.29 is 4.79 Å². The molecule has 1 amide bonds. The van der Waals surface area contributed by atoms with Crippen LogP contribution in [0.4, 0.5) is 0 Å². The Bertz CT molecular complexity index is 328. The first-order valence-corrected chi connectivity index (χ1v) is 5.15. The van der Waals surface area contributed by atoms with E-state index in [-0.39, 0.29) is 17.8 Å². The van der Waals surface area contributed by atoms with Gasteiger partial charge in [-0.3, -0.25) is 4.79 Å². The summed E-state index contributed by atoms with van der Waals surface area (Å²) in [4.78, 5) is 11.0. The molecule has 0 fully saturated rings. The largest absolute Gasteiger partial charge is 0.349 e. The fourth-order valence-electron chi connectivity index (χ4n) is 1.14. The molecule has 1 atom stereocenters. The maximum Gasteiger partial charge on any atom is 0.235 e. The molecular formula is C10H11Cl2NO. The molecule has 0 aliphatic carbocycles. The Balaban J connectivity index is 2.69. The van der Waals surface area contributed by atoms with Crippen LogP contribution in [-0.4, -0.2) is 11.8 Å². The predicted molar refractivity (Wildman–Crippen MR) is 58.7 cm³/mol. The molecule has 4 heteroatoms. The van der Waals surface area contributed by atoms with Crippen LogP contribution in [0.3, 0.4) is 0 Å². The van der Waals surface area contributed by atoms with Gasteiger partial charge in [0.05, 0.1) is 6.04 Å². The minimum Gasteiger partial charge on any atom is -0.349 e. The first kappa shape index (κ1) is 11.3. The second-order valence-electron chi connectivity index (χ2n) is 2.98. The molecular weight excluding hydrogens is 221 g/mol. The predicted octanol–water partition coefficient (Wildman–Crippen LogP) is 2.76. The van der Waals surface area contributed by atoms with Gasteiger partial charge in [0.1, 0.15) is 5.88 Å². The number of benzene rings is 1. The molecule has 0 aliphatic heterocycles. The zero-order valence-corrected chi connectivity index (χ0v) is 9.27. The topological polar surface area (TPSA) is 29.1 Å². The number of carbonyl (C=O) groups excluding carboxylic acids is 1. The van der Waals surface area contributed by atoms with Gasteiger partial charge in [0.2, 0.25) is 5.91 Å². The van der Waals surface area contributed by atoms with E-state index >= 15 is 0 Å². The number of halogens is 2. The Morgan fingerprint density at radius 1 is 1.57 bits per heavy atom. The third-order valence-corrected chi connectivity index (χ3v) is 2.33. The molecule has 0 radical (unpaired) electrons. The summed E-state index contributed by atoms with van der Waals surface area (Å²) in [5.74, 6) is -0.204. The average molecular weight is 232 g/mol. The van der Waals surface area contributed by atoms with Crippen LogP contribution >= 0.6 is 23.2 Å². The van der Waals surface area contributed by atoms with Gasteiger partial charge in [-0.2, -0.15) is 0 Å². The first-order valence-electron chi connectivity index (χ1n) is 4.24. The Hall–Kier alpha value is -0.730. The number of rotatable bonds is 3. The monoisotopic (exact) mass is 231 g/mol. The number of hydrogen-bond acceptors (Lipinski definition) is 1. The summed E-state index contributed by atoms with van der Waals surface area (Å²) >= 11 is 11.2. The minimum absolute atomic E-state index is 0.0229. The van der Waals surface area contributed by atoms with Crippen molar-refractivity contribution in [2.45, 2.75) is 13.0 Å². The van der Waals surface area contributed by atoms with E-state index in [4.69, 9.17) is 23.2 Å². The fourth-order valence-corrected chi connectivity index (χ4v) is 1.42. The van der Waals surface area contributed by atoms with Crippen LogP contribution in [0.1, 0.15) is 18.5 Å². The lowest BCUT2D eigenvalue weighted by atomic mass is 10.1. The van der Waals surface area contributed by atoms with E-state index in [2.05, 4.69) is 5.32 Å². The molecule has 0 unspecified atom stereocenters. The lowest BCUT2D eigenvalue weighted by Crippen LogP contribution is -2.27. The smallest absolute Gasteiger partial charge is 0.235 e.